The molecule has 0 saturated heterocycles. The van der Waals surface area contributed by atoms with E-state index in [0.29, 0.717) is 5.56 Å². The molecule has 0 saturated carbocycles. The summed E-state index contributed by atoms with van der Waals surface area (Å²) in [6.07, 6.45) is 0. The normalized spacial score (nSPS) is 11.2. The zero-order valence-electron chi connectivity index (χ0n) is 12.5. The maximum absolute atomic E-state index is 12.3. The van der Waals surface area contributed by atoms with Gasteiger partial charge in [0.05, 0.1) is 4.90 Å². The average molecular weight is 319 g/mol. The van der Waals surface area contributed by atoms with Crippen molar-refractivity contribution in [1.82, 2.24) is 4.72 Å². The lowest BCUT2D eigenvalue weighted by Crippen LogP contribution is -2.31. The Bertz CT molecular complexity index is 841. The first kappa shape index (κ1) is 16.0. The van der Waals surface area contributed by atoms with Crippen LogP contribution in [0.25, 0.3) is 0 Å². The molecule has 0 spiro atoms. The number of amides is 1. The molecule has 22 heavy (non-hydrogen) atoms. The molecule has 2 aromatic rings. The van der Waals surface area contributed by atoms with E-state index in [1.807, 2.05) is 18.6 Å². The number of nitrogens with one attached hydrogen (secondary N) is 1. The van der Waals surface area contributed by atoms with Crippen molar-refractivity contribution in [2.75, 3.05) is 0 Å². The quantitative estimate of drug-likeness (QED) is 0.910. The smallest absolute Gasteiger partial charge is 0.265 e. The second-order valence-electron chi connectivity index (χ2n) is 5.18. The molecular weight excluding hydrogens is 302 g/mol. The number of aryl methyl sites for hydroxylation is 3. The van der Waals surface area contributed by atoms with Gasteiger partial charge in [-0.3, -0.25) is 4.79 Å². The van der Waals surface area contributed by atoms with Gasteiger partial charge in [-0.05, 0) is 55.7 Å². The molecule has 0 bridgehead atoms. The van der Waals surface area contributed by atoms with Crippen molar-refractivity contribution in [1.29, 1.82) is 0 Å². The van der Waals surface area contributed by atoms with Gasteiger partial charge in [0.15, 0.2) is 0 Å². The largest absolute Gasteiger partial charge is 0.508 e. The van der Waals surface area contributed by atoms with Crippen LogP contribution in [0.5, 0.6) is 5.75 Å². The maximum Gasteiger partial charge on any atom is 0.265 e. The van der Waals surface area contributed by atoms with Gasteiger partial charge in [-0.15, -0.1) is 0 Å². The van der Waals surface area contributed by atoms with E-state index in [0.717, 1.165) is 17.2 Å². The lowest BCUT2D eigenvalue weighted by atomic mass is 10.1. The van der Waals surface area contributed by atoms with Crippen LogP contribution in [0.2, 0.25) is 0 Å². The Balaban J connectivity index is 2.33. The fraction of sp³-hybridized carbons (Fsp3) is 0.188. The molecule has 1 amide bonds. The van der Waals surface area contributed by atoms with Crippen LogP contribution in [0.15, 0.2) is 41.3 Å². The van der Waals surface area contributed by atoms with E-state index in [9.17, 15) is 18.3 Å². The highest BCUT2D eigenvalue weighted by molar-refractivity contribution is 7.90. The van der Waals surface area contributed by atoms with Crippen LogP contribution in [-0.2, 0) is 10.0 Å². The third kappa shape index (κ3) is 3.28. The van der Waals surface area contributed by atoms with Gasteiger partial charge < -0.3 is 5.11 Å². The molecule has 2 aromatic carbocycles. The molecule has 5 nitrogen and oxygen atoms in total. The predicted molar refractivity (Wildman–Crippen MR) is 83.4 cm³/mol. The number of phenols is 1. The van der Waals surface area contributed by atoms with Crippen LogP contribution >= 0.6 is 0 Å². The molecule has 0 aromatic heterocycles. The number of rotatable bonds is 3. The van der Waals surface area contributed by atoms with E-state index < -0.39 is 15.9 Å². The van der Waals surface area contributed by atoms with Gasteiger partial charge in [0.1, 0.15) is 5.75 Å². The van der Waals surface area contributed by atoms with Crippen molar-refractivity contribution in [2.45, 2.75) is 25.7 Å². The summed E-state index contributed by atoms with van der Waals surface area (Å²) in [6, 6.07) is 8.95. The van der Waals surface area contributed by atoms with Gasteiger partial charge in [0.25, 0.3) is 15.9 Å². The Morgan fingerprint density at radius 1 is 0.955 bits per heavy atom. The molecule has 6 heteroatoms. The summed E-state index contributed by atoms with van der Waals surface area (Å²) in [5, 5.41) is 9.44. The SMILES string of the molecule is Cc1ccc(C(=O)NS(=O)(=O)c2cc(O)ccc2C)cc1C. The predicted octanol–water partition coefficient (Wildman–Crippen LogP) is 2.44. The minimum absolute atomic E-state index is 0.121. The van der Waals surface area contributed by atoms with Gasteiger partial charge >= 0.3 is 0 Å². The van der Waals surface area contributed by atoms with E-state index in [1.54, 1.807) is 25.1 Å². The van der Waals surface area contributed by atoms with E-state index >= 15 is 0 Å². The molecular formula is C16H17NO4S. The van der Waals surface area contributed by atoms with Crippen LogP contribution in [0.4, 0.5) is 0 Å². The second kappa shape index (κ2) is 5.81. The summed E-state index contributed by atoms with van der Waals surface area (Å²) in [5.74, 6) is -0.879. The summed E-state index contributed by atoms with van der Waals surface area (Å²) in [4.78, 5) is 12.0. The molecule has 0 aliphatic heterocycles. The Labute approximate surface area is 129 Å². The number of benzene rings is 2. The summed E-state index contributed by atoms with van der Waals surface area (Å²) in [5.41, 5.74) is 2.63. The molecule has 2 rings (SSSR count). The minimum Gasteiger partial charge on any atom is -0.508 e. The Kier molecular flexibility index (Phi) is 4.23. The molecule has 2 N–H and O–H groups in total. The third-order valence-corrected chi connectivity index (χ3v) is 4.93. The molecule has 0 fully saturated rings. The van der Waals surface area contributed by atoms with E-state index in [2.05, 4.69) is 0 Å². The number of aromatic hydroxyl groups is 1. The van der Waals surface area contributed by atoms with Gasteiger partial charge in [0, 0.05) is 11.6 Å². The zero-order chi connectivity index (χ0) is 16.5. The fourth-order valence-corrected chi connectivity index (χ4v) is 3.24. The second-order valence-corrected chi connectivity index (χ2v) is 6.83. The van der Waals surface area contributed by atoms with Crippen LogP contribution in [0.1, 0.15) is 27.0 Å². The van der Waals surface area contributed by atoms with Crippen LogP contribution in [-0.4, -0.2) is 19.4 Å². The lowest BCUT2D eigenvalue weighted by Gasteiger charge is -2.10. The highest BCUT2D eigenvalue weighted by Gasteiger charge is 2.21. The van der Waals surface area contributed by atoms with Gasteiger partial charge in [-0.1, -0.05) is 12.1 Å². The Hall–Kier alpha value is -2.34. The van der Waals surface area contributed by atoms with Crippen LogP contribution < -0.4 is 4.72 Å². The summed E-state index contributed by atoms with van der Waals surface area (Å²) < 4.78 is 26.6. The summed E-state index contributed by atoms with van der Waals surface area (Å²) in [7, 11) is -4.04. The molecule has 0 aliphatic rings. The first-order chi connectivity index (χ1) is 10.2. The summed E-state index contributed by atoms with van der Waals surface area (Å²) >= 11 is 0. The molecule has 116 valence electrons. The average Bonchev–Trinajstić information content (AvgIpc) is 2.43. The monoisotopic (exact) mass is 319 g/mol. The van der Waals surface area contributed by atoms with Gasteiger partial charge in [-0.25, -0.2) is 13.1 Å². The Morgan fingerprint density at radius 2 is 1.59 bits per heavy atom. The van der Waals surface area contributed by atoms with Crippen molar-refractivity contribution < 1.29 is 18.3 Å². The lowest BCUT2D eigenvalue weighted by molar-refractivity contribution is 0.0981. The standard InChI is InChI=1S/C16H17NO4S/c1-10-4-6-13(8-12(10)3)16(19)17-22(20,21)15-9-14(18)7-5-11(15)2/h4-9,18H,1-3H3,(H,17,19). The van der Waals surface area contributed by atoms with Crippen molar-refractivity contribution in [3.63, 3.8) is 0 Å². The van der Waals surface area contributed by atoms with Crippen LogP contribution in [0, 0.1) is 20.8 Å². The molecule has 0 atom stereocenters. The van der Waals surface area contributed by atoms with Gasteiger partial charge in [0.2, 0.25) is 0 Å². The topological polar surface area (TPSA) is 83.5 Å². The van der Waals surface area contributed by atoms with Crippen molar-refractivity contribution in [3.8, 4) is 5.75 Å². The molecule has 0 radical (unpaired) electrons. The first-order valence-electron chi connectivity index (χ1n) is 6.65. The number of carbonyl (C=O) groups is 1. The van der Waals surface area contributed by atoms with Gasteiger partial charge in [-0.2, -0.15) is 0 Å². The number of carbonyl (C=O) groups excluding carboxylic acids is 1. The minimum atomic E-state index is -4.04. The first-order valence-corrected chi connectivity index (χ1v) is 8.13. The van der Waals surface area contributed by atoms with Crippen molar-refractivity contribution >= 4 is 15.9 Å². The molecule has 0 aliphatic carbocycles. The number of hydrogen-bond donors (Lipinski definition) is 2. The van der Waals surface area contributed by atoms with E-state index in [-0.39, 0.29) is 16.2 Å². The molecule has 0 heterocycles. The number of phenolic OH excluding ortho intramolecular Hbond substituents is 1. The van der Waals surface area contributed by atoms with Crippen LogP contribution in [0.3, 0.4) is 0 Å². The van der Waals surface area contributed by atoms with Crippen molar-refractivity contribution in [2.24, 2.45) is 0 Å². The number of sulfonamides is 1. The van der Waals surface area contributed by atoms with E-state index in [1.165, 1.54) is 12.1 Å². The van der Waals surface area contributed by atoms with Crippen molar-refractivity contribution in [3.05, 3.63) is 58.7 Å². The summed E-state index contributed by atoms with van der Waals surface area (Å²) in [6.45, 7) is 5.35. The fourth-order valence-electron chi connectivity index (χ4n) is 2.00. The maximum atomic E-state index is 12.3. The van der Waals surface area contributed by atoms with E-state index in [4.69, 9.17) is 0 Å². The molecule has 0 unspecified atom stereocenters. The zero-order valence-corrected chi connectivity index (χ0v) is 13.4. The highest BCUT2D eigenvalue weighted by Crippen LogP contribution is 2.21. The highest BCUT2D eigenvalue weighted by atomic mass is 32.2. The third-order valence-electron chi connectivity index (χ3n) is 3.46. The number of hydrogen-bond acceptors (Lipinski definition) is 4. The Morgan fingerprint density at radius 3 is 2.23 bits per heavy atom.